The Morgan fingerprint density at radius 1 is 1.15 bits per heavy atom. The Morgan fingerprint density at radius 2 is 1.92 bits per heavy atom. The molecule has 0 N–H and O–H groups in total. The summed E-state index contributed by atoms with van der Waals surface area (Å²) in [5.74, 6) is 0.981. The summed E-state index contributed by atoms with van der Waals surface area (Å²) in [6.07, 6.45) is 3.21. The van der Waals surface area contributed by atoms with Crippen molar-refractivity contribution in [2.24, 2.45) is 0 Å². The second-order valence-corrected chi connectivity index (χ2v) is 7.85. The zero-order valence-electron chi connectivity index (χ0n) is 14.9. The Labute approximate surface area is 152 Å². The third-order valence-corrected chi connectivity index (χ3v) is 6.02. The minimum atomic E-state index is -3.67. The number of benzene rings is 1. The first kappa shape index (κ1) is 18.4. The molecule has 2 heterocycles. The normalized spacial score (nSPS) is 17.9. The number of rotatable bonds is 6. The van der Waals surface area contributed by atoms with Crippen LogP contribution in [0.15, 0.2) is 35.5 Å². The van der Waals surface area contributed by atoms with Crippen LogP contribution in [0, 0.1) is 6.92 Å². The summed E-state index contributed by atoms with van der Waals surface area (Å²) < 4.78 is 43.4. The molecule has 140 valence electrons. The number of nitrogens with zero attached hydrogens (tertiary/aromatic N) is 3. The molecule has 0 bridgehead atoms. The van der Waals surface area contributed by atoms with E-state index in [4.69, 9.17) is 14.2 Å². The zero-order valence-corrected chi connectivity index (χ0v) is 15.7. The summed E-state index contributed by atoms with van der Waals surface area (Å²) in [5.41, 5.74) is 0.850. The van der Waals surface area contributed by atoms with Gasteiger partial charge in [-0.05, 0) is 31.0 Å². The Bertz CT molecular complexity index is 888. The highest BCUT2D eigenvalue weighted by atomic mass is 32.2. The smallest absolute Gasteiger partial charge is 0.246 e. The standard InChI is InChI=1S/C17H21N3O5S/c1-12-4-5-14(23-2)15(8-12)26(21,22)20-7-6-13(11-20)25-17-10-18-9-16(19-17)24-3/h4-5,8-10,13H,6-7,11H2,1-3H3. The van der Waals surface area contributed by atoms with Gasteiger partial charge in [-0.2, -0.15) is 9.29 Å². The second kappa shape index (κ2) is 7.46. The fourth-order valence-corrected chi connectivity index (χ4v) is 4.52. The van der Waals surface area contributed by atoms with Crippen molar-refractivity contribution in [3.8, 4) is 17.5 Å². The average molecular weight is 379 g/mol. The van der Waals surface area contributed by atoms with Crippen molar-refractivity contribution < 1.29 is 22.6 Å². The molecule has 1 atom stereocenters. The quantitative estimate of drug-likeness (QED) is 0.753. The Morgan fingerprint density at radius 3 is 2.65 bits per heavy atom. The molecule has 1 aliphatic rings. The molecule has 1 aromatic carbocycles. The molecular formula is C17H21N3O5S. The van der Waals surface area contributed by atoms with Gasteiger partial charge in [0, 0.05) is 6.54 Å². The molecule has 1 fully saturated rings. The molecule has 0 aliphatic carbocycles. The van der Waals surface area contributed by atoms with Gasteiger partial charge in [-0.25, -0.2) is 8.42 Å². The number of ether oxygens (including phenoxy) is 3. The van der Waals surface area contributed by atoms with Crippen LogP contribution < -0.4 is 14.2 Å². The van der Waals surface area contributed by atoms with E-state index in [-0.39, 0.29) is 17.5 Å². The van der Waals surface area contributed by atoms with Gasteiger partial charge in [-0.1, -0.05) is 6.07 Å². The lowest BCUT2D eigenvalue weighted by atomic mass is 10.2. The van der Waals surface area contributed by atoms with Crippen molar-refractivity contribution in [3.05, 3.63) is 36.2 Å². The Kier molecular flexibility index (Phi) is 5.28. The highest BCUT2D eigenvalue weighted by Crippen LogP contribution is 2.30. The Balaban J connectivity index is 1.76. The van der Waals surface area contributed by atoms with Crippen molar-refractivity contribution in [3.63, 3.8) is 0 Å². The van der Waals surface area contributed by atoms with Gasteiger partial charge >= 0.3 is 0 Å². The largest absolute Gasteiger partial charge is 0.495 e. The molecule has 8 nitrogen and oxygen atoms in total. The molecule has 2 aromatic rings. The molecule has 26 heavy (non-hydrogen) atoms. The summed E-state index contributed by atoms with van der Waals surface area (Å²) in [6, 6.07) is 5.10. The molecule has 0 saturated carbocycles. The molecule has 0 spiro atoms. The van der Waals surface area contributed by atoms with Crippen molar-refractivity contribution in [1.82, 2.24) is 14.3 Å². The van der Waals surface area contributed by atoms with Gasteiger partial charge in [0.15, 0.2) is 0 Å². The third kappa shape index (κ3) is 3.73. The van der Waals surface area contributed by atoms with E-state index in [9.17, 15) is 8.42 Å². The Hall–Kier alpha value is -2.39. The van der Waals surface area contributed by atoms with E-state index in [1.807, 2.05) is 13.0 Å². The van der Waals surface area contributed by atoms with Crippen LogP contribution in [0.4, 0.5) is 0 Å². The van der Waals surface area contributed by atoms with Crippen LogP contribution in [0.25, 0.3) is 0 Å². The fourth-order valence-electron chi connectivity index (χ4n) is 2.79. The topological polar surface area (TPSA) is 90.9 Å². The highest BCUT2D eigenvalue weighted by molar-refractivity contribution is 7.89. The van der Waals surface area contributed by atoms with Crippen molar-refractivity contribution >= 4 is 10.0 Å². The van der Waals surface area contributed by atoms with Crippen molar-refractivity contribution in [1.29, 1.82) is 0 Å². The lowest BCUT2D eigenvalue weighted by molar-refractivity contribution is 0.203. The summed E-state index contributed by atoms with van der Waals surface area (Å²) in [4.78, 5) is 8.30. The van der Waals surface area contributed by atoms with Gasteiger partial charge < -0.3 is 14.2 Å². The van der Waals surface area contributed by atoms with E-state index >= 15 is 0 Å². The molecule has 1 saturated heterocycles. The van der Waals surface area contributed by atoms with Gasteiger partial charge in [-0.15, -0.1) is 0 Å². The lowest BCUT2D eigenvalue weighted by Crippen LogP contribution is -2.31. The first-order valence-electron chi connectivity index (χ1n) is 8.11. The van der Waals surface area contributed by atoms with Gasteiger partial charge in [0.05, 0.1) is 33.2 Å². The number of hydrogen-bond donors (Lipinski definition) is 0. The van der Waals surface area contributed by atoms with Gasteiger partial charge in [0.2, 0.25) is 21.8 Å². The zero-order chi connectivity index (χ0) is 18.7. The van der Waals surface area contributed by atoms with E-state index in [0.717, 1.165) is 5.56 Å². The second-order valence-electron chi connectivity index (χ2n) is 5.95. The predicted octanol–water partition coefficient (Wildman–Crippen LogP) is 1.64. The molecule has 0 amide bonds. The van der Waals surface area contributed by atoms with E-state index < -0.39 is 10.0 Å². The van der Waals surface area contributed by atoms with Crippen LogP contribution in [-0.2, 0) is 10.0 Å². The first-order valence-corrected chi connectivity index (χ1v) is 9.55. The molecule has 1 aliphatic heterocycles. The summed E-state index contributed by atoms with van der Waals surface area (Å²) >= 11 is 0. The van der Waals surface area contributed by atoms with Crippen LogP contribution in [0.3, 0.4) is 0 Å². The predicted molar refractivity (Wildman–Crippen MR) is 94.1 cm³/mol. The highest BCUT2D eigenvalue weighted by Gasteiger charge is 2.35. The first-order chi connectivity index (χ1) is 12.4. The van der Waals surface area contributed by atoms with E-state index in [2.05, 4.69) is 9.97 Å². The molecule has 9 heteroatoms. The number of sulfonamides is 1. The van der Waals surface area contributed by atoms with Crippen molar-refractivity contribution in [2.45, 2.75) is 24.3 Å². The molecule has 3 rings (SSSR count). The van der Waals surface area contributed by atoms with Crippen LogP contribution in [0.1, 0.15) is 12.0 Å². The third-order valence-electron chi connectivity index (χ3n) is 4.13. The van der Waals surface area contributed by atoms with Gasteiger partial charge in [0.25, 0.3) is 0 Å². The van der Waals surface area contributed by atoms with Crippen LogP contribution >= 0.6 is 0 Å². The van der Waals surface area contributed by atoms with Crippen LogP contribution in [-0.4, -0.2) is 56.1 Å². The van der Waals surface area contributed by atoms with Gasteiger partial charge in [0.1, 0.15) is 16.7 Å². The number of methoxy groups -OCH3 is 2. The SMILES string of the molecule is COc1cncc(OC2CCN(S(=O)(=O)c3cc(C)ccc3OC)C2)n1. The maximum atomic E-state index is 13.0. The van der Waals surface area contributed by atoms with Crippen LogP contribution in [0.2, 0.25) is 0 Å². The summed E-state index contributed by atoms with van der Waals surface area (Å²) in [6.45, 7) is 2.44. The maximum absolute atomic E-state index is 13.0. The van der Waals surface area contributed by atoms with E-state index in [1.54, 1.807) is 12.1 Å². The number of hydrogen-bond acceptors (Lipinski definition) is 7. The number of aromatic nitrogens is 2. The lowest BCUT2D eigenvalue weighted by Gasteiger charge is -2.19. The molecule has 1 aromatic heterocycles. The molecule has 1 unspecified atom stereocenters. The summed E-state index contributed by atoms with van der Waals surface area (Å²) in [7, 11) is -0.722. The van der Waals surface area contributed by atoms with Gasteiger partial charge in [-0.3, -0.25) is 4.98 Å². The minimum absolute atomic E-state index is 0.168. The fraction of sp³-hybridized carbons (Fsp3) is 0.412. The van der Waals surface area contributed by atoms with E-state index in [1.165, 1.54) is 30.9 Å². The molecular weight excluding hydrogens is 358 g/mol. The van der Waals surface area contributed by atoms with Crippen LogP contribution in [0.5, 0.6) is 17.5 Å². The minimum Gasteiger partial charge on any atom is -0.495 e. The van der Waals surface area contributed by atoms with E-state index in [0.29, 0.717) is 30.5 Å². The average Bonchev–Trinajstić information content (AvgIpc) is 3.11. The molecule has 0 radical (unpaired) electrons. The monoisotopic (exact) mass is 379 g/mol. The number of aryl methyl sites for hydroxylation is 1. The maximum Gasteiger partial charge on any atom is 0.246 e. The van der Waals surface area contributed by atoms with Crippen molar-refractivity contribution in [2.75, 3.05) is 27.3 Å². The summed E-state index contributed by atoms with van der Waals surface area (Å²) in [5, 5.41) is 0.